The third-order valence-corrected chi connectivity index (χ3v) is 4.23. The Morgan fingerprint density at radius 3 is 1.92 bits per heavy atom. The molecule has 0 bridgehead atoms. The molecule has 1 aliphatic heterocycles. The molecule has 1 aliphatic rings. The average Bonchev–Trinajstić information content (AvgIpc) is 2.70. The number of thioether (sulfide) groups is 1. The van der Waals surface area contributed by atoms with Crippen LogP contribution in [0.15, 0.2) is 18.2 Å². The average molecular weight is 385 g/mol. The summed E-state index contributed by atoms with van der Waals surface area (Å²) in [4.78, 5) is 35.4. The van der Waals surface area contributed by atoms with Crippen molar-refractivity contribution in [2.24, 2.45) is 0 Å². The second-order valence-electron chi connectivity index (χ2n) is 5.13. The van der Waals surface area contributed by atoms with E-state index in [9.17, 15) is 40.7 Å². The highest BCUT2D eigenvalue weighted by molar-refractivity contribution is 8.14. The van der Waals surface area contributed by atoms with Gasteiger partial charge in [-0.3, -0.25) is 14.4 Å². The standard InChI is InChI=1S/C14H9F6NO3S/c1-6(22)25-10-5-11(23)21(12(10)24)9-3-7(13(15,16)17)2-8(4-9)14(18,19)20/h2-4,10H,5H2,1H3/t10-/m0/s1. The molecule has 0 saturated carbocycles. The number of nitrogens with zero attached hydrogens (tertiary/aromatic N) is 1. The molecule has 25 heavy (non-hydrogen) atoms. The second kappa shape index (κ2) is 6.36. The van der Waals surface area contributed by atoms with Crippen molar-refractivity contribution in [3.05, 3.63) is 29.3 Å². The lowest BCUT2D eigenvalue weighted by Crippen LogP contribution is -2.32. The number of amides is 2. The third-order valence-electron chi connectivity index (χ3n) is 3.24. The maximum Gasteiger partial charge on any atom is 0.416 e. The number of carbonyl (C=O) groups is 3. The van der Waals surface area contributed by atoms with Crippen LogP contribution in [-0.4, -0.2) is 22.2 Å². The molecule has 1 atom stereocenters. The monoisotopic (exact) mass is 385 g/mol. The van der Waals surface area contributed by atoms with Crippen LogP contribution in [0.5, 0.6) is 0 Å². The van der Waals surface area contributed by atoms with Crippen LogP contribution in [0.4, 0.5) is 32.0 Å². The molecule has 0 N–H and O–H groups in total. The molecule has 4 nitrogen and oxygen atoms in total. The number of alkyl halides is 6. The van der Waals surface area contributed by atoms with Crippen LogP contribution in [-0.2, 0) is 26.7 Å². The van der Waals surface area contributed by atoms with E-state index in [1.807, 2.05) is 0 Å². The van der Waals surface area contributed by atoms with Gasteiger partial charge in [-0.25, -0.2) is 4.90 Å². The van der Waals surface area contributed by atoms with Crippen LogP contribution in [0.3, 0.4) is 0 Å². The Kier molecular flexibility index (Phi) is 4.90. The van der Waals surface area contributed by atoms with Crippen molar-refractivity contribution in [2.45, 2.75) is 30.9 Å². The van der Waals surface area contributed by atoms with Crippen LogP contribution in [0, 0.1) is 0 Å². The molecule has 1 aromatic carbocycles. The summed E-state index contributed by atoms with van der Waals surface area (Å²) in [6, 6.07) is 0.494. The van der Waals surface area contributed by atoms with E-state index < -0.39 is 57.8 Å². The summed E-state index contributed by atoms with van der Waals surface area (Å²) in [5.41, 5.74) is -4.11. The number of carbonyl (C=O) groups excluding carboxylic acids is 3. The van der Waals surface area contributed by atoms with Crippen LogP contribution >= 0.6 is 11.8 Å². The Labute approximate surface area is 141 Å². The minimum Gasteiger partial charge on any atom is -0.288 e. The van der Waals surface area contributed by atoms with Crippen LogP contribution < -0.4 is 4.90 Å². The van der Waals surface area contributed by atoms with Gasteiger partial charge in [-0.15, -0.1) is 0 Å². The fourth-order valence-corrected chi connectivity index (χ4v) is 3.07. The third kappa shape index (κ3) is 4.14. The topological polar surface area (TPSA) is 54.5 Å². The van der Waals surface area contributed by atoms with Crippen molar-refractivity contribution < 1.29 is 40.7 Å². The normalized spacial score (nSPS) is 18.8. The van der Waals surface area contributed by atoms with Gasteiger partial charge in [0.05, 0.1) is 16.8 Å². The number of hydrogen-bond donors (Lipinski definition) is 0. The molecule has 136 valence electrons. The van der Waals surface area contributed by atoms with Crippen LogP contribution in [0.2, 0.25) is 0 Å². The van der Waals surface area contributed by atoms with E-state index in [0.29, 0.717) is 23.9 Å². The van der Waals surface area contributed by atoms with Gasteiger partial charge >= 0.3 is 12.4 Å². The van der Waals surface area contributed by atoms with Crippen molar-refractivity contribution in [1.82, 2.24) is 0 Å². The van der Waals surface area contributed by atoms with Crippen molar-refractivity contribution >= 4 is 34.4 Å². The summed E-state index contributed by atoms with van der Waals surface area (Å²) in [7, 11) is 0. The summed E-state index contributed by atoms with van der Waals surface area (Å²) in [5, 5.41) is -1.68. The van der Waals surface area contributed by atoms with Gasteiger partial charge in [0.2, 0.25) is 11.8 Å². The summed E-state index contributed by atoms with van der Waals surface area (Å²) in [5.74, 6) is -2.01. The van der Waals surface area contributed by atoms with E-state index in [0.717, 1.165) is 6.92 Å². The zero-order valence-corrected chi connectivity index (χ0v) is 13.2. The lowest BCUT2D eigenvalue weighted by Gasteiger charge is -2.19. The second-order valence-corrected chi connectivity index (χ2v) is 6.51. The number of imide groups is 1. The van der Waals surface area contributed by atoms with Crippen molar-refractivity contribution in [3.8, 4) is 0 Å². The molecule has 11 heteroatoms. The first-order valence-corrected chi connectivity index (χ1v) is 7.52. The molecule has 1 heterocycles. The molecule has 2 amide bonds. The van der Waals surface area contributed by atoms with Gasteiger partial charge in [0, 0.05) is 13.3 Å². The zero-order valence-electron chi connectivity index (χ0n) is 12.4. The fourth-order valence-electron chi connectivity index (χ4n) is 2.24. The number of rotatable bonds is 2. The van der Waals surface area contributed by atoms with Gasteiger partial charge in [0.1, 0.15) is 5.25 Å². The molecule has 1 fully saturated rings. The molecular formula is C14H9F6NO3S. The Bertz CT molecular complexity index is 711. The van der Waals surface area contributed by atoms with Gasteiger partial charge < -0.3 is 0 Å². The smallest absolute Gasteiger partial charge is 0.288 e. The highest BCUT2D eigenvalue weighted by Crippen LogP contribution is 2.40. The Balaban J connectivity index is 2.53. The zero-order chi connectivity index (χ0) is 19.2. The van der Waals surface area contributed by atoms with E-state index in [4.69, 9.17) is 0 Å². The molecule has 1 saturated heterocycles. The molecule has 2 rings (SSSR count). The van der Waals surface area contributed by atoms with E-state index in [2.05, 4.69) is 0 Å². The summed E-state index contributed by atoms with van der Waals surface area (Å²) in [6.45, 7) is 1.12. The van der Waals surface area contributed by atoms with E-state index >= 15 is 0 Å². The number of anilines is 1. The Morgan fingerprint density at radius 2 is 1.52 bits per heavy atom. The summed E-state index contributed by atoms with van der Waals surface area (Å²) in [6.07, 6.45) is -10.7. The molecule has 0 aliphatic carbocycles. The van der Waals surface area contributed by atoms with Gasteiger partial charge in [-0.05, 0) is 18.2 Å². The fraction of sp³-hybridized carbons (Fsp3) is 0.357. The predicted octanol–water partition coefficient (Wildman–Crippen LogP) is 3.64. The molecule has 1 aromatic rings. The quantitative estimate of drug-likeness (QED) is 0.576. The van der Waals surface area contributed by atoms with Gasteiger partial charge in [-0.2, -0.15) is 26.3 Å². The minimum atomic E-state index is -5.10. The van der Waals surface area contributed by atoms with Crippen molar-refractivity contribution in [2.75, 3.05) is 4.90 Å². The maximum atomic E-state index is 12.9. The van der Waals surface area contributed by atoms with Crippen LogP contribution in [0.25, 0.3) is 0 Å². The first-order valence-electron chi connectivity index (χ1n) is 6.64. The first kappa shape index (κ1) is 19.3. The van der Waals surface area contributed by atoms with Crippen molar-refractivity contribution in [1.29, 1.82) is 0 Å². The number of halogens is 6. The van der Waals surface area contributed by atoms with Crippen molar-refractivity contribution in [3.63, 3.8) is 0 Å². The van der Waals surface area contributed by atoms with E-state index in [1.54, 1.807) is 0 Å². The lowest BCUT2D eigenvalue weighted by molar-refractivity contribution is -0.143. The van der Waals surface area contributed by atoms with Crippen LogP contribution in [0.1, 0.15) is 24.5 Å². The summed E-state index contributed by atoms with van der Waals surface area (Å²) < 4.78 is 77.2. The molecule has 0 unspecified atom stereocenters. The minimum absolute atomic E-state index is 0.101. The molecular weight excluding hydrogens is 376 g/mol. The predicted molar refractivity (Wildman–Crippen MR) is 75.6 cm³/mol. The first-order chi connectivity index (χ1) is 11.3. The van der Waals surface area contributed by atoms with Gasteiger partial charge in [0.25, 0.3) is 0 Å². The largest absolute Gasteiger partial charge is 0.416 e. The SMILES string of the molecule is CC(=O)S[C@H]1CC(=O)N(c2cc(C(F)(F)F)cc(C(F)(F)F)c2)C1=O. The highest BCUT2D eigenvalue weighted by atomic mass is 32.2. The van der Waals surface area contributed by atoms with Gasteiger partial charge in [0.15, 0.2) is 5.12 Å². The van der Waals surface area contributed by atoms with Gasteiger partial charge in [-0.1, -0.05) is 11.8 Å². The highest BCUT2D eigenvalue weighted by Gasteiger charge is 2.43. The molecule has 0 aromatic heterocycles. The Morgan fingerprint density at radius 1 is 1.04 bits per heavy atom. The molecule has 0 spiro atoms. The van der Waals surface area contributed by atoms with E-state index in [-0.39, 0.29) is 11.0 Å². The maximum absolute atomic E-state index is 12.9. The lowest BCUT2D eigenvalue weighted by atomic mass is 10.1. The van der Waals surface area contributed by atoms with E-state index in [1.165, 1.54) is 0 Å². The number of hydrogen-bond acceptors (Lipinski definition) is 4. The summed E-state index contributed by atoms with van der Waals surface area (Å²) >= 11 is 0.496. The number of benzene rings is 1. The Hall–Kier alpha value is -2.04. The molecule has 0 radical (unpaired) electrons.